The van der Waals surface area contributed by atoms with Crippen LogP contribution in [0.4, 0.5) is 0 Å². The summed E-state index contributed by atoms with van der Waals surface area (Å²) in [5, 5.41) is 6.00. The molecule has 1 aliphatic rings. The third-order valence-corrected chi connectivity index (χ3v) is 4.98. The molecular weight excluding hydrogens is 385 g/mol. The zero-order chi connectivity index (χ0) is 13.1. The number of hydrogen-bond acceptors (Lipinski definition) is 2. The van der Waals surface area contributed by atoms with Gasteiger partial charge in [0.15, 0.2) is 0 Å². The highest BCUT2D eigenvalue weighted by Crippen LogP contribution is 2.25. The second kappa shape index (κ2) is 7.59. The van der Waals surface area contributed by atoms with Crippen LogP contribution in [0.25, 0.3) is 10.8 Å². The van der Waals surface area contributed by atoms with Gasteiger partial charge >= 0.3 is 0 Å². The summed E-state index contributed by atoms with van der Waals surface area (Å²) in [6.07, 6.45) is 2.68. The topological polar surface area (TPSA) is 21.3 Å². The largest absolute Gasteiger partial charge is 0.373 e. The summed E-state index contributed by atoms with van der Waals surface area (Å²) >= 11 is 2.44. The number of halogens is 2. The van der Waals surface area contributed by atoms with Gasteiger partial charge in [0.25, 0.3) is 0 Å². The Morgan fingerprint density at radius 1 is 1.10 bits per heavy atom. The molecule has 3 rings (SSSR count). The molecule has 1 N–H and O–H groups in total. The zero-order valence-corrected chi connectivity index (χ0v) is 14.2. The molecule has 0 saturated carbocycles. The van der Waals surface area contributed by atoms with E-state index in [4.69, 9.17) is 4.74 Å². The van der Waals surface area contributed by atoms with Crippen molar-refractivity contribution in [2.75, 3.05) is 13.1 Å². The first kappa shape index (κ1) is 16.0. The predicted octanol–water partition coefficient (Wildman–Crippen LogP) is 4.13. The lowest BCUT2D eigenvalue weighted by Gasteiger charge is -2.23. The maximum atomic E-state index is 6.05. The summed E-state index contributed by atoms with van der Waals surface area (Å²) in [6.45, 7) is 2.90. The molecule has 2 aromatic carbocycles. The van der Waals surface area contributed by atoms with Crippen LogP contribution in [0.15, 0.2) is 36.4 Å². The normalized spacial score (nSPS) is 16.1. The first-order chi connectivity index (χ1) is 9.34. The average Bonchev–Trinajstić information content (AvgIpc) is 2.48. The summed E-state index contributed by atoms with van der Waals surface area (Å²) in [5.74, 6) is 0. The number of hydrogen-bond donors (Lipinski definition) is 1. The lowest BCUT2D eigenvalue weighted by atomic mass is 10.1. The van der Waals surface area contributed by atoms with Crippen molar-refractivity contribution in [1.82, 2.24) is 5.32 Å². The first-order valence-electron chi connectivity index (χ1n) is 6.83. The van der Waals surface area contributed by atoms with Gasteiger partial charge < -0.3 is 10.1 Å². The molecule has 1 heterocycles. The van der Waals surface area contributed by atoms with E-state index in [9.17, 15) is 0 Å². The molecule has 0 atom stereocenters. The molecule has 2 nitrogen and oxygen atoms in total. The van der Waals surface area contributed by atoms with Gasteiger partial charge in [-0.3, -0.25) is 0 Å². The van der Waals surface area contributed by atoms with Crippen LogP contribution < -0.4 is 5.32 Å². The minimum Gasteiger partial charge on any atom is -0.373 e. The Morgan fingerprint density at radius 2 is 1.85 bits per heavy atom. The van der Waals surface area contributed by atoms with Gasteiger partial charge in [-0.05, 0) is 64.9 Å². The van der Waals surface area contributed by atoms with Crippen molar-refractivity contribution in [3.05, 3.63) is 45.5 Å². The summed E-state index contributed by atoms with van der Waals surface area (Å²) < 4.78 is 7.38. The van der Waals surface area contributed by atoms with Crippen LogP contribution >= 0.6 is 35.0 Å². The van der Waals surface area contributed by atoms with Crippen molar-refractivity contribution in [3.63, 3.8) is 0 Å². The lowest BCUT2D eigenvalue weighted by molar-refractivity contribution is 0.0210. The SMILES string of the molecule is Cl.Ic1c(COC2CCNCC2)ccc2ccccc12. The van der Waals surface area contributed by atoms with Crippen molar-refractivity contribution in [3.8, 4) is 0 Å². The van der Waals surface area contributed by atoms with Crippen LogP contribution in [-0.4, -0.2) is 19.2 Å². The Morgan fingerprint density at radius 3 is 2.65 bits per heavy atom. The summed E-state index contributed by atoms with van der Waals surface area (Å²) in [4.78, 5) is 0. The Labute approximate surface area is 139 Å². The van der Waals surface area contributed by atoms with Gasteiger partial charge in [0.1, 0.15) is 0 Å². The van der Waals surface area contributed by atoms with E-state index in [0.29, 0.717) is 6.10 Å². The fourth-order valence-electron chi connectivity index (χ4n) is 2.56. The molecule has 4 heteroatoms. The van der Waals surface area contributed by atoms with Crippen LogP contribution in [0.1, 0.15) is 18.4 Å². The zero-order valence-electron chi connectivity index (χ0n) is 11.3. The number of rotatable bonds is 3. The Bertz CT molecular complexity index is 569. The summed E-state index contributed by atoms with van der Waals surface area (Å²) in [5.41, 5.74) is 1.30. The van der Waals surface area contributed by atoms with Crippen LogP contribution in [0.2, 0.25) is 0 Å². The maximum Gasteiger partial charge on any atom is 0.0731 e. The number of benzene rings is 2. The molecule has 0 aliphatic carbocycles. The molecule has 0 aromatic heterocycles. The smallest absolute Gasteiger partial charge is 0.0731 e. The standard InChI is InChI=1S/C16H18INO.ClH/c17-16-13(11-19-14-7-9-18-10-8-14)6-5-12-3-1-2-4-15(12)16;/h1-6,14,18H,7-11H2;1H. The van der Waals surface area contributed by atoms with Crippen LogP contribution in [0.5, 0.6) is 0 Å². The molecule has 0 spiro atoms. The van der Waals surface area contributed by atoms with Crippen LogP contribution in [-0.2, 0) is 11.3 Å². The molecule has 0 amide bonds. The number of fused-ring (bicyclic) bond motifs is 1. The van der Waals surface area contributed by atoms with Gasteiger partial charge in [-0.1, -0.05) is 36.4 Å². The molecule has 1 aliphatic heterocycles. The van der Waals surface area contributed by atoms with E-state index in [0.717, 1.165) is 32.5 Å². The highest BCUT2D eigenvalue weighted by atomic mass is 127. The fraction of sp³-hybridized carbons (Fsp3) is 0.375. The monoisotopic (exact) mass is 403 g/mol. The average molecular weight is 404 g/mol. The lowest BCUT2D eigenvalue weighted by Crippen LogP contribution is -2.32. The van der Waals surface area contributed by atoms with Gasteiger partial charge in [0.05, 0.1) is 12.7 Å². The summed E-state index contributed by atoms with van der Waals surface area (Å²) in [7, 11) is 0. The van der Waals surface area contributed by atoms with Gasteiger partial charge in [-0.25, -0.2) is 0 Å². The van der Waals surface area contributed by atoms with Crippen molar-refractivity contribution < 1.29 is 4.74 Å². The maximum absolute atomic E-state index is 6.05. The molecule has 0 radical (unpaired) electrons. The van der Waals surface area contributed by atoms with Crippen LogP contribution in [0, 0.1) is 3.57 Å². The third kappa shape index (κ3) is 3.64. The Kier molecular flexibility index (Phi) is 6.08. The van der Waals surface area contributed by atoms with Crippen LogP contribution in [0.3, 0.4) is 0 Å². The minimum absolute atomic E-state index is 0. The second-order valence-corrected chi connectivity index (χ2v) is 6.10. The molecular formula is C16H19ClINO. The molecule has 1 saturated heterocycles. The van der Waals surface area contributed by atoms with Crippen molar-refractivity contribution in [1.29, 1.82) is 0 Å². The second-order valence-electron chi connectivity index (χ2n) is 5.02. The van der Waals surface area contributed by atoms with Gasteiger partial charge in [-0.2, -0.15) is 0 Å². The highest BCUT2D eigenvalue weighted by Gasteiger charge is 2.14. The third-order valence-electron chi connectivity index (χ3n) is 3.70. The van der Waals surface area contributed by atoms with Crippen molar-refractivity contribution >= 4 is 45.8 Å². The van der Waals surface area contributed by atoms with Gasteiger partial charge in [0, 0.05) is 3.57 Å². The number of ether oxygens (including phenoxy) is 1. The summed E-state index contributed by atoms with van der Waals surface area (Å²) in [6, 6.07) is 12.9. The number of nitrogens with one attached hydrogen (secondary N) is 1. The predicted molar refractivity (Wildman–Crippen MR) is 94.6 cm³/mol. The first-order valence-corrected chi connectivity index (χ1v) is 7.91. The van der Waals surface area contributed by atoms with E-state index in [1.165, 1.54) is 19.9 Å². The van der Waals surface area contributed by atoms with E-state index in [-0.39, 0.29) is 12.4 Å². The van der Waals surface area contributed by atoms with E-state index >= 15 is 0 Å². The molecule has 20 heavy (non-hydrogen) atoms. The van der Waals surface area contributed by atoms with E-state index < -0.39 is 0 Å². The molecule has 2 aromatic rings. The minimum atomic E-state index is 0. The van der Waals surface area contributed by atoms with Crippen molar-refractivity contribution in [2.24, 2.45) is 0 Å². The Hall–Kier alpha value is -0.360. The Balaban J connectivity index is 0.00000147. The van der Waals surface area contributed by atoms with E-state index in [1.807, 2.05) is 0 Å². The van der Waals surface area contributed by atoms with E-state index in [2.05, 4.69) is 64.3 Å². The molecule has 1 fully saturated rings. The quantitative estimate of drug-likeness (QED) is 0.778. The van der Waals surface area contributed by atoms with E-state index in [1.54, 1.807) is 0 Å². The molecule has 0 unspecified atom stereocenters. The fourth-order valence-corrected chi connectivity index (χ4v) is 3.39. The van der Waals surface area contributed by atoms with Gasteiger partial charge in [0.2, 0.25) is 0 Å². The number of piperidine rings is 1. The molecule has 0 bridgehead atoms. The van der Waals surface area contributed by atoms with Crippen molar-refractivity contribution in [2.45, 2.75) is 25.6 Å². The van der Waals surface area contributed by atoms with Gasteiger partial charge in [-0.15, -0.1) is 12.4 Å². The highest BCUT2D eigenvalue weighted by molar-refractivity contribution is 14.1. The molecule has 108 valence electrons.